The highest BCUT2D eigenvalue weighted by atomic mass is 19.4. The van der Waals surface area contributed by atoms with Crippen molar-refractivity contribution < 1.29 is 32.0 Å². The number of quaternary nitrogens is 1. The van der Waals surface area contributed by atoms with E-state index in [4.69, 9.17) is 0 Å². The highest BCUT2D eigenvalue weighted by Gasteiger charge is 2.54. The molecule has 26 heavy (non-hydrogen) atoms. The Bertz CT molecular complexity index is 712. The van der Waals surface area contributed by atoms with Gasteiger partial charge in [-0.25, -0.2) is 9.28 Å². The molecule has 2 amide bonds. The van der Waals surface area contributed by atoms with E-state index >= 15 is 0 Å². The number of nitrogens with zero attached hydrogens (tertiary/aromatic N) is 2. The number of alkyl halides is 3. The van der Waals surface area contributed by atoms with Gasteiger partial charge in [0, 0.05) is 24.7 Å². The largest absolute Gasteiger partial charge is 0.573 e. The van der Waals surface area contributed by atoms with Crippen LogP contribution in [-0.2, 0) is 9.59 Å². The second kappa shape index (κ2) is 6.57. The Morgan fingerprint density at radius 3 is 2.38 bits per heavy atom. The number of rotatable bonds is 3. The molecule has 5 nitrogen and oxygen atoms in total. The molecule has 0 aliphatic carbocycles. The number of likely N-dealkylation sites (N-methyl/N-ethyl adjacent to an activating group) is 1. The van der Waals surface area contributed by atoms with Crippen molar-refractivity contribution in [3.8, 4) is 5.75 Å². The number of carbonyl (C=O) groups is 2. The Kier molecular flexibility index (Phi) is 5.11. The van der Waals surface area contributed by atoms with Gasteiger partial charge in [-0.3, -0.25) is 4.79 Å². The van der Waals surface area contributed by atoms with Crippen molar-refractivity contribution in [3.05, 3.63) is 24.3 Å². The lowest BCUT2D eigenvalue weighted by Gasteiger charge is -2.45. The van der Waals surface area contributed by atoms with Crippen molar-refractivity contribution in [1.29, 1.82) is 0 Å². The summed E-state index contributed by atoms with van der Waals surface area (Å²) in [4.78, 5) is 26.8. The van der Waals surface area contributed by atoms with Crippen molar-refractivity contribution >= 4 is 17.5 Å². The number of anilines is 1. The predicted molar refractivity (Wildman–Crippen MR) is 90.5 cm³/mol. The average molecular weight is 373 g/mol. The molecule has 1 aliphatic rings. The van der Waals surface area contributed by atoms with Crippen LogP contribution in [0, 0.1) is 0 Å². The van der Waals surface area contributed by atoms with E-state index < -0.39 is 17.9 Å². The van der Waals surface area contributed by atoms with Crippen molar-refractivity contribution in [1.82, 2.24) is 0 Å². The molecule has 1 saturated heterocycles. The standard InChI is InChI=1S/C18H24F3N2O3/c1-12(24)23(5,17(2,3)4)15-9-10-22(16(15)25)13-7-6-8-14(11-13)26-18(19,20)21/h6-8,11,15H,9-10H2,1-5H3/q+1/t15-,23?/m0/s1. The maximum Gasteiger partial charge on any atom is 0.573 e. The van der Waals surface area contributed by atoms with Crippen molar-refractivity contribution in [2.45, 2.75) is 52.1 Å². The molecule has 1 fully saturated rings. The number of amides is 2. The van der Waals surface area contributed by atoms with Gasteiger partial charge < -0.3 is 9.64 Å². The molecule has 1 aliphatic heterocycles. The molecule has 0 aromatic heterocycles. The molecule has 1 heterocycles. The summed E-state index contributed by atoms with van der Waals surface area (Å²) in [5, 5.41) is 0. The minimum Gasteiger partial charge on any atom is -0.406 e. The highest BCUT2D eigenvalue weighted by Crippen LogP contribution is 2.35. The molecular weight excluding hydrogens is 349 g/mol. The van der Waals surface area contributed by atoms with Crippen LogP contribution >= 0.6 is 0 Å². The molecule has 2 atom stereocenters. The van der Waals surface area contributed by atoms with Crippen LogP contribution in [0.3, 0.4) is 0 Å². The Morgan fingerprint density at radius 2 is 1.88 bits per heavy atom. The third kappa shape index (κ3) is 3.70. The lowest BCUT2D eigenvalue weighted by Crippen LogP contribution is -2.67. The highest BCUT2D eigenvalue weighted by molar-refractivity contribution is 5.99. The number of halogens is 3. The molecule has 1 aromatic rings. The Balaban J connectivity index is 2.32. The van der Waals surface area contributed by atoms with Crippen LogP contribution in [0.1, 0.15) is 34.1 Å². The van der Waals surface area contributed by atoms with Gasteiger partial charge in [0.15, 0.2) is 6.04 Å². The molecule has 1 aromatic carbocycles. The van der Waals surface area contributed by atoms with Gasteiger partial charge in [0.25, 0.3) is 5.91 Å². The third-order valence-electron chi connectivity index (χ3n) is 5.21. The molecule has 0 bridgehead atoms. The van der Waals surface area contributed by atoms with Crippen LogP contribution in [0.15, 0.2) is 24.3 Å². The molecule has 0 spiro atoms. The monoisotopic (exact) mass is 373 g/mol. The predicted octanol–water partition coefficient (Wildman–Crippen LogP) is 3.48. The lowest BCUT2D eigenvalue weighted by atomic mass is 9.97. The fourth-order valence-corrected chi connectivity index (χ4v) is 3.41. The zero-order valence-electron chi connectivity index (χ0n) is 15.6. The fourth-order valence-electron chi connectivity index (χ4n) is 3.41. The van der Waals surface area contributed by atoms with E-state index in [0.29, 0.717) is 18.7 Å². The molecule has 2 rings (SSSR count). The van der Waals surface area contributed by atoms with E-state index in [1.807, 2.05) is 20.8 Å². The first-order chi connectivity index (χ1) is 11.8. The van der Waals surface area contributed by atoms with E-state index in [1.54, 1.807) is 13.1 Å². The quantitative estimate of drug-likeness (QED) is 0.762. The van der Waals surface area contributed by atoms with Crippen LogP contribution in [0.4, 0.5) is 18.9 Å². The molecule has 144 valence electrons. The summed E-state index contributed by atoms with van der Waals surface area (Å²) in [5.74, 6) is -0.792. The van der Waals surface area contributed by atoms with Gasteiger partial charge in [0.2, 0.25) is 0 Å². The summed E-state index contributed by atoms with van der Waals surface area (Å²) in [6, 6.07) is 4.74. The van der Waals surface area contributed by atoms with Gasteiger partial charge in [-0.05, 0) is 32.9 Å². The van der Waals surface area contributed by atoms with E-state index in [-0.39, 0.29) is 22.0 Å². The van der Waals surface area contributed by atoms with E-state index in [9.17, 15) is 22.8 Å². The second-order valence-corrected chi connectivity index (χ2v) is 7.60. The third-order valence-corrected chi connectivity index (χ3v) is 5.21. The van der Waals surface area contributed by atoms with Gasteiger partial charge in [-0.15, -0.1) is 13.2 Å². The summed E-state index contributed by atoms with van der Waals surface area (Å²) in [5.41, 5.74) is -0.174. The average Bonchev–Trinajstić information content (AvgIpc) is 2.85. The van der Waals surface area contributed by atoms with Crippen LogP contribution in [-0.4, -0.2) is 47.8 Å². The molecule has 0 N–H and O–H groups in total. The Morgan fingerprint density at radius 1 is 1.27 bits per heavy atom. The van der Waals surface area contributed by atoms with E-state index in [2.05, 4.69) is 4.74 Å². The molecule has 1 unspecified atom stereocenters. The first-order valence-corrected chi connectivity index (χ1v) is 8.32. The summed E-state index contributed by atoms with van der Waals surface area (Å²) in [6.45, 7) is 7.46. The minimum atomic E-state index is -4.80. The molecule has 8 heteroatoms. The van der Waals surface area contributed by atoms with Gasteiger partial charge in [0.1, 0.15) is 5.75 Å². The summed E-state index contributed by atoms with van der Waals surface area (Å²) >= 11 is 0. The van der Waals surface area contributed by atoms with E-state index in [1.165, 1.54) is 30.0 Å². The van der Waals surface area contributed by atoms with E-state index in [0.717, 1.165) is 0 Å². The maximum absolute atomic E-state index is 13.0. The van der Waals surface area contributed by atoms with Crippen molar-refractivity contribution in [2.24, 2.45) is 0 Å². The molecule has 0 radical (unpaired) electrons. The van der Waals surface area contributed by atoms with Gasteiger partial charge >= 0.3 is 12.3 Å². The number of ether oxygens (including phenoxy) is 1. The van der Waals surface area contributed by atoms with Crippen LogP contribution in [0.25, 0.3) is 0 Å². The SMILES string of the molecule is CC(=O)[N+](C)([C@H]1CCN(c2cccc(OC(F)(F)F)c2)C1=O)C(C)(C)C. The summed E-state index contributed by atoms with van der Waals surface area (Å²) in [6.07, 6.45) is -4.36. The Hall–Kier alpha value is -2.09. The number of carbonyl (C=O) groups excluding carboxylic acids is 2. The summed E-state index contributed by atoms with van der Waals surface area (Å²) in [7, 11) is 1.73. The number of hydrogen-bond donors (Lipinski definition) is 0. The smallest absolute Gasteiger partial charge is 0.406 e. The fraction of sp³-hybridized carbons (Fsp3) is 0.556. The van der Waals surface area contributed by atoms with Gasteiger partial charge in [-0.2, -0.15) is 0 Å². The zero-order chi connectivity index (χ0) is 19.9. The maximum atomic E-state index is 13.0. The Labute approximate surface area is 150 Å². The topological polar surface area (TPSA) is 46.6 Å². The second-order valence-electron chi connectivity index (χ2n) is 7.60. The van der Waals surface area contributed by atoms with Crippen molar-refractivity contribution in [3.63, 3.8) is 0 Å². The molecule has 0 saturated carbocycles. The number of hydrogen-bond acceptors (Lipinski definition) is 3. The number of benzene rings is 1. The van der Waals surface area contributed by atoms with Gasteiger partial charge in [-0.1, -0.05) is 6.07 Å². The van der Waals surface area contributed by atoms with Gasteiger partial charge in [0.05, 0.1) is 19.5 Å². The lowest BCUT2D eigenvalue weighted by molar-refractivity contribution is -0.896. The molecular formula is C18H24F3N2O3+. The first-order valence-electron chi connectivity index (χ1n) is 8.32. The van der Waals surface area contributed by atoms with Crippen LogP contribution < -0.4 is 9.64 Å². The minimum absolute atomic E-state index is 0.0684. The summed E-state index contributed by atoms with van der Waals surface area (Å²) < 4.78 is 41.1. The first kappa shape index (κ1) is 20.2. The zero-order valence-corrected chi connectivity index (χ0v) is 15.6. The van der Waals surface area contributed by atoms with Crippen LogP contribution in [0.2, 0.25) is 0 Å². The van der Waals surface area contributed by atoms with Crippen molar-refractivity contribution in [2.75, 3.05) is 18.5 Å². The van der Waals surface area contributed by atoms with Crippen LogP contribution in [0.5, 0.6) is 5.75 Å². The normalized spacial score (nSPS) is 20.8.